The molecule has 0 heterocycles. The van der Waals surface area contributed by atoms with Crippen LogP contribution in [0.3, 0.4) is 0 Å². The summed E-state index contributed by atoms with van der Waals surface area (Å²) in [5.41, 5.74) is 2.64. The van der Waals surface area contributed by atoms with Gasteiger partial charge in [0.1, 0.15) is 0 Å². The Morgan fingerprint density at radius 2 is 1.51 bits per heavy atom. The first-order valence-corrected chi connectivity index (χ1v) is 17.8. The minimum Gasteiger partial charge on any atom is -0.0884 e. The standard InChI is InChI=1S/C37H66/c1-4-7-8-9-16-30(5-2)25-31(6-3)26-33-18-14-19-34(28-33)27-32-17-12-13-23-37(24-15-20-32)29-36(37)35-21-10-11-22-35/h6,30,32-36H,4-5,7-29H2,1-3H3/b31-6+/t30-,32-,33+,34?,36?,37?/m0/s1. The maximum Gasteiger partial charge on any atom is -0.0263 e. The van der Waals surface area contributed by atoms with Gasteiger partial charge in [-0.25, -0.2) is 0 Å². The topological polar surface area (TPSA) is 0 Å². The molecule has 0 aliphatic heterocycles. The highest BCUT2D eigenvalue weighted by Crippen LogP contribution is 2.65. The van der Waals surface area contributed by atoms with Crippen LogP contribution in [-0.4, -0.2) is 0 Å². The van der Waals surface area contributed by atoms with Crippen molar-refractivity contribution in [1.29, 1.82) is 0 Å². The molecule has 4 aliphatic carbocycles. The van der Waals surface area contributed by atoms with E-state index in [0.29, 0.717) is 0 Å². The van der Waals surface area contributed by atoms with Crippen LogP contribution in [0.25, 0.3) is 0 Å². The van der Waals surface area contributed by atoms with Crippen LogP contribution in [0.4, 0.5) is 0 Å². The van der Waals surface area contributed by atoms with Crippen molar-refractivity contribution in [3.8, 4) is 0 Å². The summed E-state index contributed by atoms with van der Waals surface area (Å²) in [6.45, 7) is 7.10. The van der Waals surface area contributed by atoms with Crippen LogP contribution in [0.5, 0.6) is 0 Å². The zero-order valence-electron chi connectivity index (χ0n) is 25.7. The third kappa shape index (κ3) is 9.13. The van der Waals surface area contributed by atoms with Crippen LogP contribution in [0.1, 0.15) is 181 Å². The predicted octanol–water partition coefficient (Wildman–Crippen LogP) is 12.5. The monoisotopic (exact) mass is 511 g/mol. The Morgan fingerprint density at radius 1 is 0.784 bits per heavy atom. The Morgan fingerprint density at radius 3 is 2.30 bits per heavy atom. The van der Waals surface area contributed by atoms with Crippen LogP contribution < -0.4 is 0 Å². The molecular weight excluding hydrogens is 444 g/mol. The van der Waals surface area contributed by atoms with Crippen molar-refractivity contribution < 1.29 is 0 Å². The third-order valence-corrected chi connectivity index (χ3v) is 12.2. The van der Waals surface area contributed by atoms with Gasteiger partial charge >= 0.3 is 0 Å². The van der Waals surface area contributed by atoms with E-state index < -0.39 is 0 Å². The predicted molar refractivity (Wildman–Crippen MR) is 164 cm³/mol. The minimum absolute atomic E-state index is 0.828. The summed E-state index contributed by atoms with van der Waals surface area (Å²) >= 11 is 0. The molecule has 214 valence electrons. The van der Waals surface area contributed by atoms with Gasteiger partial charge in [0.2, 0.25) is 0 Å². The Balaban J connectivity index is 1.19. The van der Waals surface area contributed by atoms with Gasteiger partial charge < -0.3 is 0 Å². The maximum absolute atomic E-state index is 2.52. The fourth-order valence-corrected chi connectivity index (χ4v) is 9.78. The molecule has 0 amide bonds. The third-order valence-electron chi connectivity index (χ3n) is 12.2. The van der Waals surface area contributed by atoms with Crippen molar-refractivity contribution in [3.63, 3.8) is 0 Å². The molecule has 4 rings (SSSR count). The van der Waals surface area contributed by atoms with E-state index >= 15 is 0 Å². The van der Waals surface area contributed by atoms with E-state index in [0.717, 1.165) is 40.9 Å². The first kappa shape index (κ1) is 29.7. The quantitative estimate of drug-likeness (QED) is 0.171. The molecule has 4 fully saturated rings. The smallest absolute Gasteiger partial charge is 0.0263 e. The molecule has 6 atom stereocenters. The number of allylic oxidation sites excluding steroid dienone is 2. The van der Waals surface area contributed by atoms with Crippen molar-refractivity contribution in [2.24, 2.45) is 40.9 Å². The average molecular weight is 511 g/mol. The van der Waals surface area contributed by atoms with E-state index in [4.69, 9.17) is 0 Å². The molecule has 37 heavy (non-hydrogen) atoms. The van der Waals surface area contributed by atoms with Gasteiger partial charge in [-0.05, 0) is 92.8 Å². The second kappa shape index (κ2) is 15.5. The molecule has 0 radical (unpaired) electrons. The van der Waals surface area contributed by atoms with E-state index in [1.54, 1.807) is 83.5 Å². The molecule has 4 aliphatic rings. The van der Waals surface area contributed by atoms with Gasteiger partial charge in [-0.2, -0.15) is 0 Å². The SMILES string of the molecule is C/C=C(/C[C@H]1CCCC(C[C@H]2CCCCC3(CCC2)CC3C2CCCC2)C1)C[C@@H](CC)CCCCCC. The van der Waals surface area contributed by atoms with Crippen LogP contribution in [-0.2, 0) is 0 Å². The average Bonchev–Trinajstić information content (AvgIpc) is 3.32. The Kier molecular flexibility index (Phi) is 12.5. The lowest BCUT2D eigenvalue weighted by Gasteiger charge is -2.33. The lowest BCUT2D eigenvalue weighted by atomic mass is 9.73. The van der Waals surface area contributed by atoms with Gasteiger partial charge in [-0.3, -0.25) is 0 Å². The molecule has 0 aromatic carbocycles. The molecule has 0 heteroatoms. The molecule has 0 saturated heterocycles. The molecule has 0 bridgehead atoms. The first-order valence-electron chi connectivity index (χ1n) is 17.8. The summed E-state index contributed by atoms with van der Waals surface area (Å²) in [6, 6.07) is 0. The summed E-state index contributed by atoms with van der Waals surface area (Å²) in [5, 5.41) is 0. The molecule has 0 nitrogen and oxygen atoms in total. The van der Waals surface area contributed by atoms with Crippen LogP contribution in [0, 0.1) is 40.9 Å². The minimum atomic E-state index is 0.828. The summed E-state index contributed by atoms with van der Waals surface area (Å²) < 4.78 is 0. The molecule has 4 saturated carbocycles. The summed E-state index contributed by atoms with van der Waals surface area (Å²) in [7, 11) is 0. The molecule has 0 aromatic heterocycles. The van der Waals surface area contributed by atoms with Crippen LogP contribution >= 0.6 is 0 Å². The highest BCUT2D eigenvalue weighted by Gasteiger charge is 2.55. The second-order valence-electron chi connectivity index (χ2n) is 14.8. The zero-order valence-corrected chi connectivity index (χ0v) is 25.7. The number of rotatable bonds is 13. The van der Waals surface area contributed by atoms with E-state index in [1.807, 2.05) is 5.57 Å². The Hall–Kier alpha value is -0.260. The fourth-order valence-electron chi connectivity index (χ4n) is 9.78. The number of hydrogen-bond donors (Lipinski definition) is 0. The molecule has 1 spiro atoms. The Bertz CT molecular complexity index is 653. The van der Waals surface area contributed by atoms with E-state index in [9.17, 15) is 0 Å². The van der Waals surface area contributed by atoms with E-state index in [1.165, 1.54) is 77.0 Å². The van der Waals surface area contributed by atoms with E-state index in [-0.39, 0.29) is 0 Å². The van der Waals surface area contributed by atoms with E-state index in [2.05, 4.69) is 26.8 Å². The van der Waals surface area contributed by atoms with Gasteiger partial charge in [0.15, 0.2) is 0 Å². The molecule has 0 aromatic rings. The van der Waals surface area contributed by atoms with Crippen LogP contribution in [0.15, 0.2) is 11.6 Å². The van der Waals surface area contributed by atoms with Gasteiger partial charge in [-0.15, -0.1) is 0 Å². The first-order chi connectivity index (χ1) is 18.2. The lowest BCUT2D eigenvalue weighted by molar-refractivity contribution is 0.212. The number of hydrogen-bond acceptors (Lipinski definition) is 0. The van der Waals surface area contributed by atoms with Gasteiger partial charge in [0.25, 0.3) is 0 Å². The van der Waals surface area contributed by atoms with Gasteiger partial charge in [0.05, 0.1) is 0 Å². The lowest BCUT2D eigenvalue weighted by Crippen LogP contribution is -2.19. The fraction of sp³-hybridized carbons (Fsp3) is 0.946. The number of unbranched alkanes of at least 4 members (excludes halogenated alkanes) is 3. The summed E-state index contributed by atoms with van der Waals surface area (Å²) in [4.78, 5) is 0. The van der Waals surface area contributed by atoms with Crippen LogP contribution in [0.2, 0.25) is 0 Å². The maximum atomic E-state index is 2.52. The van der Waals surface area contributed by atoms with Crippen molar-refractivity contribution >= 4 is 0 Å². The van der Waals surface area contributed by atoms with Crippen molar-refractivity contribution in [3.05, 3.63) is 11.6 Å². The molecule has 0 N–H and O–H groups in total. The summed E-state index contributed by atoms with van der Waals surface area (Å²) in [6.07, 6.45) is 40.4. The second-order valence-corrected chi connectivity index (χ2v) is 14.8. The van der Waals surface area contributed by atoms with Gasteiger partial charge in [-0.1, -0.05) is 141 Å². The van der Waals surface area contributed by atoms with Crippen molar-refractivity contribution in [1.82, 2.24) is 0 Å². The highest BCUT2D eigenvalue weighted by atomic mass is 14.6. The Labute approximate surface area is 233 Å². The van der Waals surface area contributed by atoms with Crippen molar-refractivity contribution in [2.75, 3.05) is 0 Å². The normalized spacial score (nSPS) is 34.7. The highest BCUT2D eigenvalue weighted by molar-refractivity contribution is 5.06. The summed E-state index contributed by atoms with van der Waals surface area (Å²) in [5.74, 6) is 6.29. The molecular formula is C37H66. The largest absolute Gasteiger partial charge is 0.0884 e. The van der Waals surface area contributed by atoms with Gasteiger partial charge in [0, 0.05) is 0 Å². The van der Waals surface area contributed by atoms with Crippen molar-refractivity contribution in [2.45, 2.75) is 181 Å². The zero-order chi connectivity index (χ0) is 25.9. The molecule has 3 unspecified atom stereocenters.